The number of hydrogen-bond acceptors (Lipinski definition) is 4. The Bertz CT molecular complexity index is 1210. The van der Waals surface area contributed by atoms with E-state index in [1.165, 1.54) is 4.90 Å². The van der Waals surface area contributed by atoms with E-state index in [1.807, 2.05) is 78.2 Å². The Kier molecular flexibility index (Phi) is 5.84. The van der Waals surface area contributed by atoms with Crippen molar-refractivity contribution >= 4 is 34.3 Å². The van der Waals surface area contributed by atoms with Crippen LogP contribution in [0.4, 0.5) is 5.69 Å². The first kappa shape index (κ1) is 22.4. The second kappa shape index (κ2) is 8.61. The van der Waals surface area contributed by atoms with Crippen molar-refractivity contribution < 1.29 is 14.4 Å². The SMILES string of the molecule is CN(C)c1ccc(CNC(=O)CNC(=O)[C@]2(C)Cn3c(cc4ccccc43)C(=O)N2C)cc1. The van der Waals surface area contributed by atoms with Gasteiger partial charge in [-0.2, -0.15) is 0 Å². The highest BCUT2D eigenvalue weighted by atomic mass is 16.2. The molecule has 0 fully saturated rings. The van der Waals surface area contributed by atoms with Crippen molar-refractivity contribution in [2.24, 2.45) is 0 Å². The number of fused-ring (bicyclic) bond motifs is 3. The van der Waals surface area contributed by atoms with Crippen molar-refractivity contribution in [3.05, 3.63) is 65.9 Å². The van der Waals surface area contributed by atoms with Gasteiger partial charge in [0, 0.05) is 44.3 Å². The van der Waals surface area contributed by atoms with Crippen molar-refractivity contribution in [1.82, 2.24) is 20.1 Å². The van der Waals surface area contributed by atoms with Crippen LogP contribution >= 0.6 is 0 Å². The molecule has 172 valence electrons. The Morgan fingerprint density at radius 3 is 2.45 bits per heavy atom. The van der Waals surface area contributed by atoms with Crippen LogP contribution in [0.3, 0.4) is 0 Å². The molecule has 0 radical (unpaired) electrons. The second-order valence-corrected chi connectivity index (χ2v) is 8.83. The molecule has 2 N–H and O–H groups in total. The van der Waals surface area contributed by atoms with Crippen LogP contribution < -0.4 is 15.5 Å². The van der Waals surface area contributed by atoms with Gasteiger partial charge in [0.05, 0.1) is 13.1 Å². The molecule has 0 spiro atoms. The van der Waals surface area contributed by atoms with Gasteiger partial charge in [-0.1, -0.05) is 30.3 Å². The van der Waals surface area contributed by atoms with E-state index in [0.717, 1.165) is 22.2 Å². The van der Waals surface area contributed by atoms with Gasteiger partial charge in [0.2, 0.25) is 11.8 Å². The predicted molar refractivity (Wildman–Crippen MR) is 128 cm³/mol. The van der Waals surface area contributed by atoms with E-state index < -0.39 is 5.54 Å². The molecule has 8 heteroatoms. The van der Waals surface area contributed by atoms with Gasteiger partial charge in [0.25, 0.3) is 5.91 Å². The van der Waals surface area contributed by atoms with Crippen molar-refractivity contribution in [1.29, 1.82) is 0 Å². The van der Waals surface area contributed by atoms with Gasteiger partial charge in [-0.25, -0.2) is 0 Å². The van der Waals surface area contributed by atoms with E-state index in [1.54, 1.807) is 14.0 Å². The van der Waals surface area contributed by atoms with Crippen LogP contribution in [0.2, 0.25) is 0 Å². The monoisotopic (exact) mass is 447 g/mol. The summed E-state index contributed by atoms with van der Waals surface area (Å²) < 4.78 is 1.88. The number of amides is 3. The van der Waals surface area contributed by atoms with Crippen LogP contribution in [-0.4, -0.2) is 60.4 Å². The number of rotatable bonds is 6. The zero-order valence-corrected chi connectivity index (χ0v) is 19.4. The van der Waals surface area contributed by atoms with Crippen molar-refractivity contribution in [3.8, 4) is 0 Å². The third-order valence-corrected chi connectivity index (χ3v) is 6.38. The Hall–Kier alpha value is -3.81. The summed E-state index contributed by atoms with van der Waals surface area (Å²) in [5, 5.41) is 6.49. The van der Waals surface area contributed by atoms with E-state index in [4.69, 9.17) is 0 Å². The van der Waals surface area contributed by atoms with Gasteiger partial charge in [-0.15, -0.1) is 0 Å². The predicted octanol–water partition coefficient (Wildman–Crippen LogP) is 1.98. The summed E-state index contributed by atoms with van der Waals surface area (Å²) in [5.41, 5.74) is 2.40. The summed E-state index contributed by atoms with van der Waals surface area (Å²) in [6, 6.07) is 17.5. The highest BCUT2D eigenvalue weighted by Crippen LogP contribution is 2.31. The van der Waals surface area contributed by atoms with Crippen molar-refractivity contribution in [2.45, 2.75) is 25.6 Å². The highest BCUT2D eigenvalue weighted by molar-refractivity contribution is 6.03. The molecule has 0 aliphatic carbocycles. The molecule has 0 saturated heterocycles. The molecule has 1 aromatic heterocycles. The molecular weight excluding hydrogens is 418 g/mol. The van der Waals surface area contributed by atoms with E-state index in [-0.39, 0.29) is 24.3 Å². The molecule has 3 aromatic rings. The fourth-order valence-electron chi connectivity index (χ4n) is 4.12. The summed E-state index contributed by atoms with van der Waals surface area (Å²) in [5.74, 6) is -0.881. The fraction of sp³-hybridized carbons (Fsp3) is 0.320. The maximum Gasteiger partial charge on any atom is 0.271 e. The van der Waals surface area contributed by atoms with Crippen LogP contribution in [-0.2, 0) is 22.7 Å². The lowest BCUT2D eigenvalue weighted by Crippen LogP contribution is -2.63. The lowest BCUT2D eigenvalue weighted by molar-refractivity contribution is -0.134. The number of nitrogens with zero attached hydrogens (tertiary/aromatic N) is 3. The van der Waals surface area contributed by atoms with Crippen LogP contribution in [0.25, 0.3) is 10.9 Å². The first-order valence-electron chi connectivity index (χ1n) is 10.9. The molecule has 0 unspecified atom stereocenters. The number of hydrogen-bond donors (Lipinski definition) is 2. The van der Waals surface area contributed by atoms with Crippen LogP contribution in [0.15, 0.2) is 54.6 Å². The molecular formula is C25H29N5O3. The number of para-hydroxylation sites is 1. The fourth-order valence-corrected chi connectivity index (χ4v) is 4.12. The topological polar surface area (TPSA) is 86.7 Å². The lowest BCUT2D eigenvalue weighted by atomic mass is 9.95. The Labute approximate surface area is 193 Å². The molecule has 8 nitrogen and oxygen atoms in total. The molecule has 2 heterocycles. The largest absolute Gasteiger partial charge is 0.378 e. The van der Waals surface area contributed by atoms with Crippen LogP contribution in [0.5, 0.6) is 0 Å². The Morgan fingerprint density at radius 2 is 1.76 bits per heavy atom. The summed E-state index contributed by atoms with van der Waals surface area (Å²) in [6.45, 7) is 2.24. The maximum absolute atomic E-state index is 13.1. The van der Waals surface area contributed by atoms with Crippen molar-refractivity contribution in [3.63, 3.8) is 0 Å². The van der Waals surface area contributed by atoms with E-state index in [2.05, 4.69) is 10.6 Å². The quantitative estimate of drug-likeness (QED) is 0.605. The molecule has 0 saturated carbocycles. The normalized spacial score (nSPS) is 17.6. The molecule has 4 rings (SSSR count). The molecule has 2 aromatic carbocycles. The molecule has 1 atom stereocenters. The van der Waals surface area contributed by atoms with Gasteiger partial charge in [0.1, 0.15) is 11.2 Å². The second-order valence-electron chi connectivity index (χ2n) is 8.83. The zero-order valence-electron chi connectivity index (χ0n) is 19.4. The summed E-state index contributed by atoms with van der Waals surface area (Å²) in [7, 11) is 5.56. The minimum atomic E-state index is -1.12. The third kappa shape index (κ3) is 4.16. The Morgan fingerprint density at radius 1 is 1.06 bits per heavy atom. The minimum Gasteiger partial charge on any atom is -0.378 e. The van der Waals surface area contributed by atoms with Gasteiger partial charge < -0.3 is 25.0 Å². The molecule has 1 aliphatic rings. The number of benzene rings is 2. The average Bonchev–Trinajstić information content (AvgIpc) is 3.18. The molecule has 33 heavy (non-hydrogen) atoms. The van der Waals surface area contributed by atoms with E-state index in [9.17, 15) is 14.4 Å². The number of carbonyl (C=O) groups is 3. The lowest BCUT2D eigenvalue weighted by Gasteiger charge is -2.41. The first-order chi connectivity index (χ1) is 15.7. The number of carbonyl (C=O) groups excluding carboxylic acids is 3. The average molecular weight is 448 g/mol. The number of aromatic nitrogens is 1. The zero-order chi connectivity index (χ0) is 23.8. The van der Waals surface area contributed by atoms with E-state index in [0.29, 0.717) is 18.8 Å². The van der Waals surface area contributed by atoms with Gasteiger partial charge >= 0.3 is 0 Å². The highest BCUT2D eigenvalue weighted by Gasteiger charge is 2.45. The molecule has 0 bridgehead atoms. The van der Waals surface area contributed by atoms with Gasteiger partial charge in [-0.05, 0) is 36.8 Å². The third-order valence-electron chi connectivity index (χ3n) is 6.38. The minimum absolute atomic E-state index is 0.161. The van der Waals surface area contributed by atoms with Gasteiger partial charge in [-0.3, -0.25) is 14.4 Å². The van der Waals surface area contributed by atoms with Crippen LogP contribution in [0.1, 0.15) is 23.0 Å². The molecule has 1 aliphatic heterocycles. The number of nitrogens with one attached hydrogen (secondary N) is 2. The summed E-state index contributed by atoms with van der Waals surface area (Å²) >= 11 is 0. The van der Waals surface area contributed by atoms with Crippen molar-refractivity contribution in [2.75, 3.05) is 32.6 Å². The standard InChI is InChI=1S/C25H29N5O3/c1-25(16-30-20-8-6-5-7-18(20)13-21(30)23(32)29(25)4)24(33)27-15-22(31)26-14-17-9-11-19(12-10-17)28(2)3/h5-13H,14-16H2,1-4H3,(H,26,31)(H,27,33)/t25-/m0/s1. The first-order valence-corrected chi connectivity index (χ1v) is 10.9. The smallest absolute Gasteiger partial charge is 0.271 e. The molecule has 3 amide bonds. The number of likely N-dealkylation sites (N-methyl/N-ethyl adjacent to an activating group) is 1. The number of anilines is 1. The van der Waals surface area contributed by atoms with Gasteiger partial charge in [0.15, 0.2) is 0 Å². The maximum atomic E-state index is 13.1. The Balaban J connectivity index is 1.39. The summed E-state index contributed by atoms with van der Waals surface area (Å²) in [4.78, 5) is 41.9. The van der Waals surface area contributed by atoms with E-state index >= 15 is 0 Å². The van der Waals surface area contributed by atoms with Crippen LogP contribution in [0, 0.1) is 0 Å². The summed E-state index contributed by atoms with van der Waals surface area (Å²) in [6.07, 6.45) is 0.